The van der Waals surface area contributed by atoms with E-state index in [1.807, 2.05) is 31.5 Å². The molecule has 0 saturated carbocycles. The predicted octanol–water partition coefficient (Wildman–Crippen LogP) is 1.44. The van der Waals surface area contributed by atoms with Crippen LogP contribution in [0.25, 0.3) is 0 Å². The molecule has 0 fully saturated rings. The van der Waals surface area contributed by atoms with Crippen LogP contribution >= 0.6 is 11.8 Å². The lowest BCUT2D eigenvalue weighted by Crippen LogP contribution is -2.03. The van der Waals surface area contributed by atoms with Crippen molar-refractivity contribution in [1.29, 1.82) is 0 Å². The molecule has 6 heteroatoms. The zero-order chi connectivity index (χ0) is 12.4. The van der Waals surface area contributed by atoms with Crippen LogP contribution in [-0.4, -0.2) is 19.7 Å². The molecule has 0 saturated heterocycles. The van der Waals surface area contributed by atoms with E-state index in [9.17, 15) is 0 Å². The van der Waals surface area contributed by atoms with Crippen LogP contribution < -0.4 is 5.73 Å². The van der Waals surface area contributed by atoms with Crippen molar-refractivity contribution >= 4 is 11.8 Å². The van der Waals surface area contributed by atoms with Gasteiger partial charge in [-0.3, -0.25) is 0 Å². The van der Waals surface area contributed by atoms with E-state index >= 15 is 0 Å². The van der Waals surface area contributed by atoms with E-state index in [1.165, 1.54) is 11.8 Å². The molecule has 0 aliphatic carbocycles. The van der Waals surface area contributed by atoms with Crippen molar-refractivity contribution in [3.63, 3.8) is 0 Å². The lowest BCUT2D eigenvalue weighted by Gasteiger charge is -2.08. The lowest BCUT2D eigenvalue weighted by molar-refractivity contribution is 0.763. The van der Waals surface area contributed by atoms with E-state index in [-0.39, 0.29) is 0 Å². The van der Waals surface area contributed by atoms with Gasteiger partial charge in [-0.1, -0.05) is 0 Å². The minimum atomic E-state index is 0.485. The molecule has 0 radical (unpaired) electrons. The van der Waals surface area contributed by atoms with E-state index in [1.54, 1.807) is 6.20 Å². The molecule has 0 aromatic carbocycles. The minimum Gasteiger partial charge on any atom is -0.326 e. The first-order valence-corrected chi connectivity index (χ1v) is 6.13. The molecule has 0 unspecified atom stereocenters. The Morgan fingerprint density at radius 3 is 2.71 bits per heavy atom. The summed E-state index contributed by atoms with van der Waals surface area (Å²) in [5.74, 6) is 0.884. The van der Waals surface area contributed by atoms with Gasteiger partial charge in [0.1, 0.15) is 10.9 Å². The van der Waals surface area contributed by atoms with Crippen molar-refractivity contribution < 1.29 is 0 Å². The summed E-state index contributed by atoms with van der Waals surface area (Å²) in [5.41, 5.74) is 7.98. The SMILES string of the molecule is Cc1ccnc(Sc2nnc(C)n2C)c1CN. The summed E-state index contributed by atoms with van der Waals surface area (Å²) in [5, 5.41) is 9.87. The standard InChI is InChI=1S/C11H15N5S/c1-7-4-5-13-10(9(7)6-12)17-11-15-14-8(2)16(11)3/h4-5H,6,12H2,1-3H3. The van der Waals surface area contributed by atoms with Gasteiger partial charge in [-0.15, -0.1) is 10.2 Å². The van der Waals surface area contributed by atoms with Crippen molar-refractivity contribution in [3.05, 3.63) is 29.2 Å². The van der Waals surface area contributed by atoms with E-state index in [4.69, 9.17) is 5.73 Å². The van der Waals surface area contributed by atoms with Crippen LogP contribution in [0.3, 0.4) is 0 Å². The van der Waals surface area contributed by atoms with Crippen LogP contribution in [0.2, 0.25) is 0 Å². The van der Waals surface area contributed by atoms with Gasteiger partial charge in [-0.2, -0.15) is 0 Å². The van der Waals surface area contributed by atoms with E-state index in [0.29, 0.717) is 6.54 Å². The molecule has 2 rings (SSSR count). The molecular formula is C11H15N5S. The minimum absolute atomic E-state index is 0.485. The number of nitrogens with two attached hydrogens (primary N) is 1. The fourth-order valence-electron chi connectivity index (χ4n) is 1.46. The molecule has 0 spiro atoms. The average molecular weight is 249 g/mol. The molecule has 0 amide bonds. The van der Waals surface area contributed by atoms with Gasteiger partial charge in [-0.25, -0.2) is 4.98 Å². The first-order chi connectivity index (χ1) is 8.13. The van der Waals surface area contributed by atoms with Gasteiger partial charge in [0.05, 0.1) is 0 Å². The Hall–Kier alpha value is -1.40. The van der Waals surface area contributed by atoms with Crippen LogP contribution in [-0.2, 0) is 13.6 Å². The average Bonchev–Trinajstić information content (AvgIpc) is 2.61. The second-order valence-corrected chi connectivity index (χ2v) is 4.76. The Morgan fingerprint density at radius 2 is 2.12 bits per heavy atom. The van der Waals surface area contributed by atoms with Crippen molar-refractivity contribution in [2.24, 2.45) is 12.8 Å². The fourth-order valence-corrected chi connectivity index (χ4v) is 2.47. The quantitative estimate of drug-likeness (QED) is 0.891. The maximum atomic E-state index is 5.75. The Balaban J connectivity index is 2.36. The highest BCUT2D eigenvalue weighted by Crippen LogP contribution is 2.28. The monoisotopic (exact) mass is 249 g/mol. The van der Waals surface area contributed by atoms with Crippen molar-refractivity contribution in [2.45, 2.75) is 30.6 Å². The molecule has 0 bridgehead atoms. The summed E-state index contributed by atoms with van der Waals surface area (Å²) in [6, 6.07) is 1.97. The second kappa shape index (κ2) is 4.85. The summed E-state index contributed by atoms with van der Waals surface area (Å²) in [7, 11) is 1.94. The lowest BCUT2D eigenvalue weighted by atomic mass is 10.2. The van der Waals surface area contributed by atoms with E-state index < -0.39 is 0 Å². The largest absolute Gasteiger partial charge is 0.326 e. The van der Waals surface area contributed by atoms with Crippen LogP contribution in [0.1, 0.15) is 17.0 Å². The van der Waals surface area contributed by atoms with Crippen molar-refractivity contribution in [2.75, 3.05) is 0 Å². The highest BCUT2D eigenvalue weighted by molar-refractivity contribution is 7.99. The maximum Gasteiger partial charge on any atom is 0.197 e. The molecule has 5 nitrogen and oxygen atoms in total. The van der Waals surface area contributed by atoms with Gasteiger partial charge in [0.15, 0.2) is 5.16 Å². The number of aryl methyl sites for hydroxylation is 2. The Labute approximate surface area is 104 Å². The van der Waals surface area contributed by atoms with E-state index in [0.717, 1.165) is 27.1 Å². The first-order valence-electron chi connectivity index (χ1n) is 5.32. The molecule has 2 N–H and O–H groups in total. The zero-order valence-corrected chi connectivity index (χ0v) is 11.0. The third-order valence-electron chi connectivity index (χ3n) is 2.70. The topological polar surface area (TPSA) is 69.6 Å². The summed E-state index contributed by atoms with van der Waals surface area (Å²) in [6.07, 6.45) is 1.79. The first kappa shape index (κ1) is 12.1. The molecule has 2 aromatic rings. The summed E-state index contributed by atoms with van der Waals surface area (Å²) in [4.78, 5) is 4.36. The highest BCUT2D eigenvalue weighted by atomic mass is 32.2. The molecule has 2 aromatic heterocycles. The van der Waals surface area contributed by atoms with Gasteiger partial charge in [0.25, 0.3) is 0 Å². The fraction of sp³-hybridized carbons (Fsp3) is 0.364. The number of aromatic nitrogens is 4. The molecular weight excluding hydrogens is 234 g/mol. The number of pyridine rings is 1. The van der Waals surface area contributed by atoms with Gasteiger partial charge in [0, 0.05) is 25.4 Å². The number of hydrogen-bond acceptors (Lipinski definition) is 5. The van der Waals surface area contributed by atoms with Crippen LogP contribution in [0.4, 0.5) is 0 Å². The van der Waals surface area contributed by atoms with E-state index in [2.05, 4.69) is 15.2 Å². The normalized spacial score (nSPS) is 10.8. The van der Waals surface area contributed by atoms with Crippen LogP contribution in [0, 0.1) is 13.8 Å². The second-order valence-electron chi connectivity index (χ2n) is 3.81. The molecule has 17 heavy (non-hydrogen) atoms. The van der Waals surface area contributed by atoms with Crippen molar-refractivity contribution in [1.82, 2.24) is 19.7 Å². The summed E-state index contributed by atoms with van der Waals surface area (Å²) < 4.78 is 1.94. The molecule has 0 aliphatic heterocycles. The highest BCUT2D eigenvalue weighted by Gasteiger charge is 2.12. The third kappa shape index (κ3) is 2.32. The predicted molar refractivity (Wildman–Crippen MR) is 66.7 cm³/mol. The Kier molecular flexibility index (Phi) is 3.44. The zero-order valence-electron chi connectivity index (χ0n) is 10.1. The summed E-state index contributed by atoms with van der Waals surface area (Å²) >= 11 is 1.50. The summed E-state index contributed by atoms with van der Waals surface area (Å²) in [6.45, 7) is 4.44. The van der Waals surface area contributed by atoms with Crippen molar-refractivity contribution in [3.8, 4) is 0 Å². The van der Waals surface area contributed by atoms with Crippen LogP contribution in [0.5, 0.6) is 0 Å². The molecule has 0 atom stereocenters. The Bertz CT molecular complexity index is 535. The third-order valence-corrected chi connectivity index (χ3v) is 3.78. The van der Waals surface area contributed by atoms with Gasteiger partial charge in [-0.05, 0) is 37.2 Å². The van der Waals surface area contributed by atoms with Gasteiger partial charge in [0.2, 0.25) is 0 Å². The Morgan fingerprint density at radius 1 is 1.35 bits per heavy atom. The number of hydrogen-bond donors (Lipinski definition) is 1. The molecule has 90 valence electrons. The van der Waals surface area contributed by atoms with Gasteiger partial charge < -0.3 is 10.3 Å². The van der Waals surface area contributed by atoms with Crippen LogP contribution in [0.15, 0.2) is 22.4 Å². The number of rotatable bonds is 3. The molecule has 2 heterocycles. The maximum absolute atomic E-state index is 5.75. The number of nitrogens with zero attached hydrogens (tertiary/aromatic N) is 4. The van der Waals surface area contributed by atoms with Gasteiger partial charge >= 0.3 is 0 Å². The molecule has 0 aliphatic rings. The smallest absolute Gasteiger partial charge is 0.197 e.